The molecule has 0 spiro atoms. The number of hydrogen-bond acceptors (Lipinski definition) is 7. The summed E-state index contributed by atoms with van der Waals surface area (Å²) >= 11 is 0. The van der Waals surface area contributed by atoms with Crippen LogP contribution in [0.15, 0.2) is 65.7 Å². The number of nitrogens with two attached hydrogens (primary N) is 2. The van der Waals surface area contributed by atoms with Crippen molar-refractivity contribution >= 4 is 11.6 Å². The van der Waals surface area contributed by atoms with Crippen molar-refractivity contribution < 1.29 is 23.4 Å². The van der Waals surface area contributed by atoms with Crippen LogP contribution in [0.25, 0.3) is 0 Å². The lowest BCUT2D eigenvalue weighted by molar-refractivity contribution is -0.145. The van der Waals surface area contributed by atoms with Crippen LogP contribution in [-0.2, 0) is 11.3 Å². The molecule has 11 heteroatoms. The van der Waals surface area contributed by atoms with Crippen LogP contribution < -0.4 is 21.8 Å². The van der Waals surface area contributed by atoms with Crippen LogP contribution in [0.5, 0.6) is 11.6 Å². The molecule has 2 fully saturated rings. The highest BCUT2D eigenvalue weighted by molar-refractivity contribution is 5.80. The monoisotopic (exact) mass is 581 g/mol. The summed E-state index contributed by atoms with van der Waals surface area (Å²) in [5, 5.41) is 11.3. The Balaban J connectivity index is 1.23. The number of rotatable bonds is 7. The predicted octanol–water partition coefficient (Wildman–Crippen LogP) is 4.21. The largest absolute Gasteiger partial charge is 0.437 e. The SMILES string of the molecule is CC(N)c1ccc(Oc2ncn(CC3(O)CCN(C(=O)[C@@H]4CCC(F)(F)C[C@H]4c4ccccc4)CC3)c(=O)c2N)cc1. The number of likely N-dealkylation sites (tertiary alicyclic amines) is 1. The standard InChI is InChI=1S/C31H37F2N5O4/c1-20(34)21-7-9-23(10-8-21)42-27-26(35)29(40)38(19-36-27)18-30(41)13-15-37(16-14-30)28(39)24-11-12-31(32,33)17-25(24)22-5-3-2-4-6-22/h2-10,19-20,24-25,41H,11-18,34-35H2,1H3/t20?,24-,25+/m1/s1. The Morgan fingerprint density at radius 2 is 1.79 bits per heavy atom. The number of benzene rings is 2. The number of aromatic nitrogens is 2. The molecule has 0 bridgehead atoms. The fourth-order valence-corrected chi connectivity index (χ4v) is 5.97. The van der Waals surface area contributed by atoms with Crippen molar-refractivity contribution in [2.45, 2.75) is 69.1 Å². The van der Waals surface area contributed by atoms with Gasteiger partial charge in [0, 0.05) is 43.8 Å². The van der Waals surface area contributed by atoms with E-state index in [0.717, 1.165) is 11.1 Å². The van der Waals surface area contributed by atoms with Crippen LogP contribution in [0.3, 0.4) is 0 Å². The maximum absolute atomic E-state index is 14.4. The van der Waals surface area contributed by atoms with Crippen molar-refractivity contribution in [2.75, 3.05) is 18.8 Å². The van der Waals surface area contributed by atoms with Gasteiger partial charge in [-0.2, -0.15) is 0 Å². The van der Waals surface area contributed by atoms with Gasteiger partial charge in [-0.05, 0) is 49.4 Å². The highest BCUT2D eigenvalue weighted by atomic mass is 19.3. The quantitative estimate of drug-likeness (QED) is 0.380. The van der Waals surface area contributed by atoms with Gasteiger partial charge < -0.3 is 26.2 Å². The smallest absolute Gasteiger partial charge is 0.280 e. The van der Waals surface area contributed by atoms with E-state index in [4.69, 9.17) is 16.2 Å². The summed E-state index contributed by atoms with van der Waals surface area (Å²) in [7, 11) is 0. The van der Waals surface area contributed by atoms with E-state index in [9.17, 15) is 23.5 Å². The molecule has 3 atom stereocenters. The molecule has 1 aliphatic carbocycles. The molecule has 1 aliphatic heterocycles. The van der Waals surface area contributed by atoms with E-state index in [-0.39, 0.29) is 75.3 Å². The van der Waals surface area contributed by atoms with Gasteiger partial charge in [-0.1, -0.05) is 42.5 Å². The second-order valence-corrected chi connectivity index (χ2v) is 11.6. The summed E-state index contributed by atoms with van der Waals surface area (Å²) in [6, 6.07) is 15.9. The number of amides is 1. The molecule has 1 aromatic heterocycles. The second-order valence-electron chi connectivity index (χ2n) is 11.6. The Bertz CT molecular complexity index is 1450. The molecular formula is C31H37F2N5O4. The number of alkyl halides is 2. The van der Waals surface area contributed by atoms with E-state index >= 15 is 0 Å². The fraction of sp³-hybridized carbons (Fsp3) is 0.452. The highest BCUT2D eigenvalue weighted by Gasteiger charge is 2.46. The maximum Gasteiger partial charge on any atom is 0.280 e. The zero-order valence-corrected chi connectivity index (χ0v) is 23.6. The highest BCUT2D eigenvalue weighted by Crippen LogP contribution is 2.46. The molecule has 224 valence electrons. The first-order chi connectivity index (χ1) is 19.9. The number of carbonyl (C=O) groups excluding carboxylic acids is 1. The predicted molar refractivity (Wildman–Crippen MR) is 154 cm³/mol. The number of ether oxygens (including phenoxy) is 1. The van der Waals surface area contributed by atoms with Crippen molar-refractivity contribution in [3.63, 3.8) is 0 Å². The fourth-order valence-electron chi connectivity index (χ4n) is 5.97. The Kier molecular flexibility index (Phi) is 8.34. The van der Waals surface area contributed by atoms with Gasteiger partial charge in [0.2, 0.25) is 17.7 Å². The molecule has 1 unspecified atom stereocenters. The van der Waals surface area contributed by atoms with Gasteiger partial charge in [0.15, 0.2) is 5.69 Å². The number of anilines is 1. The topological polar surface area (TPSA) is 137 Å². The lowest BCUT2D eigenvalue weighted by Gasteiger charge is -2.42. The third-order valence-electron chi connectivity index (χ3n) is 8.50. The summed E-state index contributed by atoms with van der Waals surface area (Å²) in [6.45, 7) is 2.31. The van der Waals surface area contributed by atoms with Crippen LogP contribution in [0.1, 0.15) is 62.1 Å². The zero-order valence-electron chi connectivity index (χ0n) is 23.6. The zero-order chi connectivity index (χ0) is 30.1. The molecule has 42 heavy (non-hydrogen) atoms. The number of halogens is 2. The van der Waals surface area contributed by atoms with Gasteiger partial charge in [0.05, 0.1) is 12.1 Å². The average Bonchev–Trinajstić information content (AvgIpc) is 2.97. The van der Waals surface area contributed by atoms with Crippen LogP contribution in [0.4, 0.5) is 14.5 Å². The third-order valence-corrected chi connectivity index (χ3v) is 8.50. The number of nitrogen functional groups attached to an aromatic ring is 1. The van der Waals surface area contributed by atoms with Crippen molar-refractivity contribution in [1.29, 1.82) is 0 Å². The summed E-state index contributed by atoms with van der Waals surface area (Å²) < 4.78 is 35.6. The first kappa shape index (κ1) is 29.7. The van der Waals surface area contributed by atoms with E-state index in [1.807, 2.05) is 25.1 Å². The molecule has 3 aromatic rings. The summed E-state index contributed by atoms with van der Waals surface area (Å²) in [4.78, 5) is 32.4. The molecule has 2 heterocycles. The molecule has 0 radical (unpaired) electrons. The van der Waals surface area contributed by atoms with Crippen LogP contribution >= 0.6 is 0 Å². The molecule has 1 amide bonds. The number of nitrogens with zero attached hydrogens (tertiary/aromatic N) is 3. The van der Waals surface area contributed by atoms with E-state index < -0.39 is 28.9 Å². The molecule has 2 aliphatic rings. The Morgan fingerprint density at radius 1 is 1.12 bits per heavy atom. The summed E-state index contributed by atoms with van der Waals surface area (Å²) in [5.41, 5.74) is 11.6. The van der Waals surface area contributed by atoms with Crippen LogP contribution in [-0.4, -0.2) is 50.1 Å². The van der Waals surface area contributed by atoms with Gasteiger partial charge in [-0.3, -0.25) is 14.2 Å². The third kappa shape index (κ3) is 6.47. The Morgan fingerprint density at radius 3 is 2.43 bits per heavy atom. The van der Waals surface area contributed by atoms with Crippen molar-refractivity contribution in [2.24, 2.45) is 11.7 Å². The second kappa shape index (κ2) is 11.8. The summed E-state index contributed by atoms with van der Waals surface area (Å²) in [5.74, 6) is -3.69. The van der Waals surface area contributed by atoms with E-state index in [2.05, 4.69) is 4.98 Å². The minimum atomic E-state index is -2.81. The van der Waals surface area contributed by atoms with Crippen LogP contribution in [0.2, 0.25) is 0 Å². The minimum Gasteiger partial charge on any atom is -0.437 e. The van der Waals surface area contributed by atoms with Crippen molar-refractivity contribution in [1.82, 2.24) is 14.5 Å². The van der Waals surface area contributed by atoms with Gasteiger partial charge in [-0.15, -0.1) is 0 Å². The van der Waals surface area contributed by atoms with E-state index in [0.29, 0.717) is 5.75 Å². The Labute approximate surface area is 243 Å². The summed E-state index contributed by atoms with van der Waals surface area (Å²) in [6.07, 6.45) is 1.15. The van der Waals surface area contributed by atoms with Gasteiger partial charge in [0.1, 0.15) is 12.1 Å². The lowest BCUT2D eigenvalue weighted by atomic mass is 9.73. The molecule has 1 saturated heterocycles. The van der Waals surface area contributed by atoms with E-state index in [1.165, 1.54) is 10.9 Å². The maximum atomic E-state index is 14.4. The normalized spacial score (nSPS) is 22.4. The van der Waals surface area contributed by atoms with Crippen molar-refractivity contribution in [3.8, 4) is 11.6 Å². The molecular weight excluding hydrogens is 544 g/mol. The Hall–Kier alpha value is -3.83. The first-order valence-electron chi connectivity index (χ1n) is 14.3. The van der Waals surface area contributed by atoms with Gasteiger partial charge >= 0.3 is 0 Å². The molecule has 5 N–H and O–H groups in total. The molecule has 1 saturated carbocycles. The number of piperidine rings is 1. The molecule has 5 rings (SSSR count). The van der Waals surface area contributed by atoms with E-state index in [1.54, 1.807) is 41.3 Å². The van der Waals surface area contributed by atoms with Gasteiger partial charge in [0.25, 0.3) is 5.56 Å². The van der Waals surface area contributed by atoms with Crippen molar-refractivity contribution in [3.05, 3.63) is 82.4 Å². The molecule has 2 aromatic carbocycles. The number of aliphatic hydroxyl groups is 1. The van der Waals surface area contributed by atoms with Crippen LogP contribution in [0, 0.1) is 5.92 Å². The number of carbonyl (C=O) groups is 1. The number of hydrogen-bond donors (Lipinski definition) is 3. The average molecular weight is 582 g/mol. The lowest BCUT2D eigenvalue weighted by Crippen LogP contribution is -2.52. The first-order valence-corrected chi connectivity index (χ1v) is 14.3. The molecule has 9 nitrogen and oxygen atoms in total. The minimum absolute atomic E-state index is 0.0387. The van der Waals surface area contributed by atoms with Gasteiger partial charge in [-0.25, -0.2) is 13.8 Å².